The lowest BCUT2D eigenvalue weighted by atomic mass is 10.1. The number of hydrogen-bond donors (Lipinski definition) is 0. The van der Waals surface area contributed by atoms with Gasteiger partial charge < -0.3 is 18.9 Å². The van der Waals surface area contributed by atoms with Crippen LogP contribution in [0, 0.1) is 0 Å². The van der Waals surface area contributed by atoms with Gasteiger partial charge in [-0.2, -0.15) is 0 Å². The lowest BCUT2D eigenvalue weighted by Gasteiger charge is -2.31. The number of likely N-dealkylation sites (N-methyl/N-ethyl adjacent to an activating group) is 1. The Morgan fingerprint density at radius 3 is 1.62 bits per heavy atom. The van der Waals surface area contributed by atoms with E-state index in [9.17, 15) is 0 Å². The molecule has 0 aliphatic heterocycles. The first-order valence-corrected chi connectivity index (χ1v) is 7.90. The van der Waals surface area contributed by atoms with Crippen LogP contribution in [0.2, 0.25) is 0 Å². The predicted octanol–water partition coefficient (Wildman–Crippen LogP) is 2.19. The van der Waals surface area contributed by atoms with Crippen molar-refractivity contribution in [2.24, 2.45) is 0 Å². The molecule has 0 aliphatic rings. The van der Waals surface area contributed by atoms with E-state index in [2.05, 4.69) is 32.7 Å². The van der Waals surface area contributed by atoms with E-state index in [0.717, 1.165) is 13.2 Å². The van der Waals surface area contributed by atoms with Gasteiger partial charge in [-0.15, -0.1) is 0 Å². The first kappa shape index (κ1) is 20.8. The molecule has 0 atom stereocenters. The zero-order chi connectivity index (χ0) is 16.1. The smallest absolute Gasteiger partial charge is 0.0703 e. The molecule has 0 aromatic carbocycles. The molecule has 0 aromatic heterocycles. The van der Waals surface area contributed by atoms with Crippen molar-refractivity contribution >= 4 is 0 Å². The van der Waals surface area contributed by atoms with Crippen molar-refractivity contribution in [2.75, 3.05) is 59.8 Å². The second kappa shape index (κ2) is 12.4. The van der Waals surface area contributed by atoms with Crippen LogP contribution in [0.15, 0.2) is 0 Å². The molecule has 0 aliphatic carbocycles. The topological polar surface area (TPSA) is 40.2 Å². The molecule has 128 valence electrons. The van der Waals surface area contributed by atoms with Gasteiger partial charge in [0, 0.05) is 12.1 Å². The summed E-state index contributed by atoms with van der Waals surface area (Å²) >= 11 is 0. The van der Waals surface area contributed by atoms with E-state index in [1.165, 1.54) is 0 Å². The van der Waals surface area contributed by atoms with E-state index >= 15 is 0 Å². The largest absolute Gasteiger partial charge is 0.378 e. The van der Waals surface area contributed by atoms with Crippen molar-refractivity contribution in [3.63, 3.8) is 0 Å². The Morgan fingerprint density at radius 1 is 0.762 bits per heavy atom. The van der Waals surface area contributed by atoms with Crippen LogP contribution in [-0.2, 0) is 18.9 Å². The molecule has 0 N–H and O–H groups in total. The monoisotopic (exact) mass is 305 g/mol. The Labute approximate surface area is 130 Å². The number of ether oxygens (including phenoxy) is 4. The maximum Gasteiger partial charge on any atom is 0.0703 e. The quantitative estimate of drug-likeness (QED) is 0.488. The summed E-state index contributed by atoms with van der Waals surface area (Å²) in [5.74, 6) is 0. The van der Waals surface area contributed by atoms with E-state index < -0.39 is 0 Å². The molecular weight excluding hydrogens is 270 g/mol. The molecule has 0 heterocycles. The number of nitrogens with zero attached hydrogens (tertiary/aromatic N) is 1. The molecule has 0 saturated heterocycles. The van der Waals surface area contributed by atoms with Crippen molar-refractivity contribution in [2.45, 2.75) is 46.3 Å². The van der Waals surface area contributed by atoms with Crippen LogP contribution in [-0.4, -0.2) is 76.4 Å². The summed E-state index contributed by atoms with van der Waals surface area (Å²) in [6, 6.07) is 0. The summed E-state index contributed by atoms with van der Waals surface area (Å²) in [7, 11) is 2.11. The molecule has 21 heavy (non-hydrogen) atoms. The van der Waals surface area contributed by atoms with Crippen LogP contribution in [0.3, 0.4) is 0 Å². The zero-order valence-corrected chi connectivity index (χ0v) is 14.8. The van der Waals surface area contributed by atoms with Crippen LogP contribution >= 0.6 is 0 Å². The van der Waals surface area contributed by atoms with Gasteiger partial charge in [0.05, 0.1) is 52.4 Å². The lowest BCUT2D eigenvalue weighted by molar-refractivity contribution is -0.0139. The van der Waals surface area contributed by atoms with Crippen molar-refractivity contribution < 1.29 is 18.9 Å². The van der Waals surface area contributed by atoms with Gasteiger partial charge in [-0.25, -0.2) is 0 Å². The zero-order valence-electron chi connectivity index (χ0n) is 14.8. The Bertz CT molecular complexity index is 229. The van der Waals surface area contributed by atoms with E-state index in [1.807, 2.05) is 13.8 Å². The summed E-state index contributed by atoms with van der Waals surface area (Å²) in [5.41, 5.74) is 0.191. The summed E-state index contributed by atoms with van der Waals surface area (Å²) < 4.78 is 21.7. The van der Waals surface area contributed by atoms with E-state index in [4.69, 9.17) is 18.9 Å². The second-order valence-corrected chi connectivity index (χ2v) is 6.35. The maximum absolute atomic E-state index is 5.54. The molecule has 5 heteroatoms. The molecule has 0 fully saturated rings. The Kier molecular flexibility index (Phi) is 12.2. The van der Waals surface area contributed by atoms with E-state index in [-0.39, 0.29) is 11.6 Å². The SMILES string of the molecule is CC(C)OCCOCCOCCOCCN(C)C(C)(C)C. The normalized spacial score (nSPS) is 12.6. The molecule has 0 unspecified atom stereocenters. The molecule has 0 saturated carbocycles. The number of hydrogen-bond acceptors (Lipinski definition) is 5. The predicted molar refractivity (Wildman–Crippen MR) is 85.9 cm³/mol. The van der Waals surface area contributed by atoms with E-state index in [0.29, 0.717) is 39.6 Å². The molecular formula is C16H35NO4. The summed E-state index contributed by atoms with van der Waals surface area (Å²) in [6.45, 7) is 16.0. The highest BCUT2D eigenvalue weighted by atomic mass is 16.6. The molecule has 0 spiro atoms. The fourth-order valence-electron chi connectivity index (χ4n) is 1.42. The van der Waals surface area contributed by atoms with Gasteiger partial charge in [0.25, 0.3) is 0 Å². The molecule has 0 radical (unpaired) electrons. The van der Waals surface area contributed by atoms with Crippen LogP contribution in [0.4, 0.5) is 0 Å². The van der Waals surface area contributed by atoms with Crippen LogP contribution in [0.5, 0.6) is 0 Å². The fourth-order valence-corrected chi connectivity index (χ4v) is 1.42. The second-order valence-electron chi connectivity index (χ2n) is 6.35. The highest BCUT2D eigenvalue weighted by Gasteiger charge is 2.15. The third kappa shape index (κ3) is 14.5. The van der Waals surface area contributed by atoms with Gasteiger partial charge in [0.1, 0.15) is 0 Å². The molecule has 0 amide bonds. The van der Waals surface area contributed by atoms with Gasteiger partial charge in [-0.3, -0.25) is 4.90 Å². The minimum atomic E-state index is 0.191. The molecule has 0 aromatic rings. The Hall–Kier alpha value is -0.200. The minimum absolute atomic E-state index is 0.191. The van der Waals surface area contributed by atoms with Crippen LogP contribution < -0.4 is 0 Å². The van der Waals surface area contributed by atoms with Gasteiger partial charge in [-0.05, 0) is 41.7 Å². The standard InChI is InChI=1S/C16H35NO4/c1-15(2)21-14-13-20-12-11-19-10-9-18-8-7-17(6)16(3,4)5/h15H,7-14H2,1-6H3. The first-order valence-electron chi connectivity index (χ1n) is 7.90. The average molecular weight is 305 g/mol. The van der Waals surface area contributed by atoms with Crippen molar-refractivity contribution in [3.05, 3.63) is 0 Å². The van der Waals surface area contributed by atoms with Crippen LogP contribution in [0.25, 0.3) is 0 Å². The maximum atomic E-state index is 5.54. The average Bonchev–Trinajstić information content (AvgIpc) is 2.38. The Morgan fingerprint density at radius 2 is 1.19 bits per heavy atom. The van der Waals surface area contributed by atoms with Gasteiger partial charge >= 0.3 is 0 Å². The molecule has 0 bridgehead atoms. The first-order chi connectivity index (χ1) is 9.84. The van der Waals surface area contributed by atoms with Gasteiger partial charge in [0.15, 0.2) is 0 Å². The van der Waals surface area contributed by atoms with Crippen molar-refractivity contribution in [1.29, 1.82) is 0 Å². The van der Waals surface area contributed by atoms with Crippen molar-refractivity contribution in [3.8, 4) is 0 Å². The van der Waals surface area contributed by atoms with E-state index in [1.54, 1.807) is 0 Å². The lowest BCUT2D eigenvalue weighted by Crippen LogP contribution is -2.40. The van der Waals surface area contributed by atoms with Crippen molar-refractivity contribution in [1.82, 2.24) is 4.90 Å². The fraction of sp³-hybridized carbons (Fsp3) is 1.00. The van der Waals surface area contributed by atoms with Crippen LogP contribution in [0.1, 0.15) is 34.6 Å². The summed E-state index contributed by atoms with van der Waals surface area (Å²) in [6.07, 6.45) is 0.263. The number of rotatable bonds is 13. The Balaban J connectivity index is 3.16. The highest BCUT2D eigenvalue weighted by molar-refractivity contribution is 4.72. The molecule has 5 nitrogen and oxygen atoms in total. The van der Waals surface area contributed by atoms with Gasteiger partial charge in [0.2, 0.25) is 0 Å². The van der Waals surface area contributed by atoms with Gasteiger partial charge in [-0.1, -0.05) is 0 Å². The summed E-state index contributed by atoms with van der Waals surface area (Å²) in [5, 5.41) is 0. The highest BCUT2D eigenvalue weighted by Crippen LogP contribution is 2.08. The third-order valence-corrected chi connectivity index (χ3v) is 3.14. The molecule has 0 rings (SSSR count). The summed E-state index contributed by atoms with van der Waals surface area (Å²) in [4.78, 5) is 2.28. The minimum Gasteiger partial charge on any atom is -0.378 e. The third-order valence-electron chi connectivity index (χ3n) is 3.14.